The molecule has 0 spiro atoms. The van der Waals surface area contributed by atoms with Gasteiger partial charge in [0.05, 0.1) is 13.2 Å². The van der Waals surface area contributed by atoms with Crippen LogP contribution in [0.5, 0.6) is 5.75 Å². The molecule has 0 aliphatic rings. The maximum atomic E-state index is 11.2. The Morgan fingerprint density at radius 3 is 3.00 bits per heavy atom. The third-order valence-corrected chi connectivity index (χ3v) is 1.86. The fourth-order valence-electron chi connectivity index (χ4n) is 1.22. The number of hydrogen-bond donors (Lipinski definition) is 2. The molecule has 1 heterocycles. The molecule has 0 atom stereocenters. The molecule has 0 aromatic carbocycles. The van der Waals surface area contributed by atoms with Gasteiger partial charge in [0, 0.05) is 12.7 Å². The average Bonchev–Trinajstić information content (AvgIpc) is 2.29. The number of pyridine rings is 1. The highest BCUT2D eigenvalue weighted by molar-refractivity contribution is 5.80. The molecule has 1 amide bonds. The van der Waals surface area contributed by atoms with E-state index >= 15 is 0 Å². The van der Waals surface area contributed by atoms with Gasteiger partial charge in [-0.05, 0) is 26.0 Å². The second kappa shape index (κ2) is 6.66. The van der Waals surface area contributed by atoms with E-state index in [0.29, 0.717) is 24.7 Å². The minimum Gasteiger partial charge on any atom is -0.490 e. The molecule has 0 radical (unpaired) electrons. The van der Waals surface area contributed by atoms with Gasteiger partial charge < -0.3 is 15.4 Å². The van der Waals surface area contributed by atoms with Crippen LogP contribution in [0.3, 0.4) is 0 Å². The van der Waals surface area contributed by atoms with E-state index in [1.807, 2.05) is 19.9 Å². The van der Waals surface area contributed by atoms with Crippen molar-refractivity contribution < 1.29 is 9.53 Å². The second-order valence-electron chi connectivity index (χ2n) is 3.09. The number of nitrogens with zero attached hydrogens (tertiary/aromatic N) is 1. The predicted molar refractivity (Wildman–Crippen MR) is 62.6 cm³/mol. The van der Waals surface area contributed by atoms with Crippen molar-refractivity contribution in [2.75, 3.05) is 25.0 Å². The van der Waals surface area contributed by atoms with Crippen molar-refractivity contribution in [2.45, 2.75) is 13.8 Å². The van der Waals surface area contributed by atoms with Gasteiger partial charge >= 0.3 is 0 Å². The van der Waals surface area contributed by atoms with Crippen molar-refractivity contribution >= 4 is 11.7 Å². The van der Waals surface area contributed by atoms with Gasteiger partial charge in [0.25, 0.3) is 0 Å². The van der Waals surface area contributed by atoms with Crippen molar-refractivity contribution in [3.8, 4) is 5.75 Å². The topological polar surface area (TPSA) is 63.2 Å². The van der Waals surface area contributed by atoms with Crippen LogP contribution in [0.15, 0.2) is 18.3 Å². The molecule has 1 rings (SSSR count). The summed E-state index contributed by atoms with van der Waals surface area (Å²) in [7, 11) is 0. The van der Waals surface area contributed by atoms with Crippen molar-refractivity contribution in [1.82, 2.24) is 10.3 Å². The Bertz CT molecular complexity index is 342. The van der Waals surface area contributed by atoms with E-state index in [1.165, 1.54) is 0 Å². The molecule has 2 N–H and O–H groups in total. The number of aromatic nitrogens is 1. The largest absolute Gasteiger partial charge is 0.490 e. The van der Waals surface area contributed by atoms with Gasteiger partial charge in [-0.1, -0.05) is 0 Å². The summed E-state index contributed by atoms with van der Waals surface area (Å²) in [4.78, 5) is 15.4. The van der Waals surface area contributed by atoms with Crippen LogP contribution in [0.2, 0.25) is 0 Å². The minimum atomic E-state index is -0.0596. The second-order valence-corrected chi connectivity index (χ2v) is 3.09. The smallest absolute Gasteiger partial charge is 0.239 e. The van der Waals surface area contributed by atoms with Gasteiger partial charge in [0.15, 0.2) is 11.6 Å². The summed E-state index contributed by atoms with van der Waals surface area (Å²) in [6.07, 6.45) is 1.66. The molecule has 0 unspecified atom stereocenters. The van der Waals surface area contributed by atoms with Crippen molar-refractivity contribution in [1.29, 1.82) is 0 Å². The van der Waals surface area contributed by atoms with E-state index in [9.17, 15) is 4.79 Å². The van der Waals surface area contributed by atoms with E-state index in [2.05, 4.69) is 15.6 Å². The molecule has 1 aromatic rings. The summed E-state index contributed by atoms with van der Waals surface area (Å²) in [5.74, 6) is 1.19. The first-order valence-corrected chi connectivity index (χ1v) is 5.36. The summed E-state index contributed by atoms with van der Waals surface area (Å²) in [6.45, 7) is 5.18. The number of likely N-dealkylation sites (N-methyl/N-ethyl adjacent to an activating group) is 1. The van der Waals surface area contributed by atoms with Crippen LogP contribution in [0, 0.1) is 0 Å². The Hall–Kier alpha value is -1.78. The predicted octanol–water partition coefficient (Wildman–Crippen LogP) is 1.03. The molecule has 0 fully saturated rings. The van der Waals surface area contributed by atoms with E-state index in [1.54, 1.807) is 12.3 Å². The number of amides is 1. The lowest BCUT2D eigenvalue weighted by molar-refractivity contribution is -0.119. The van der Waals surface area contributed by atoms with Crippen molar-refractivity contribution in [2.24, 2.45) is 0 Å². The number of carbonyl (C=O) groups excluding carboxylic acids is 1. The molecular formula is C11H17N3O2. The Morgan fingerprint density at radius 2 is 2.31 bits per heavy atom. The van der Waals surface area contributed by atoms with Gasteiger partial charge in [0.2, 0.25) is 5.91 Å². The first kappa shape index (κ1) is 12.3. The maximum absolute atomic E-state index is 11.2. The van der Waals surface area contributed by atoms with Crippen LogP contribution in [-0.2, 0) is 4.79 Å². The standard InChI is InChI=1S/C11H17N3O2/c1-3-12-10(15)8-14-11-9(16-4-2)6-5-7-13-11/h5-7H,3-4,8H2,1-2H3,(H,12,15)(H,13,14). The monoisotopic (exact) mass is 223 g/mol. The molecular weight excluding hydrogens is 206 g/mol. The fraction of sp³-hybridized carbons (Fsp3) is 0.455. The number of hydrogen-bond acceptors (Lipinski definition) is 4. The number of rotatable bonds is 6. The lowest BCUT2D eigenvalue weighted by Crippen LogP contribution is -2.29. The lowest BCUT2D eigenvalue weighted by atomic mass is 10.4. The third-order valence-electron chi connectivity index (χ3n) is 1.86. The van der Waals surface area contributed by atoms with Gasteiger partial charge in [-0.2, -0.15) is 0 Å². The SMILES string of the molecule is CCNC(=O)CNc1ncccc1OCC. The first-order valence-electron chi connectivity index (χ1n) is 5.36. The maximum Gasteiger partial charge on any atom is 0.239 e. The highest BCUT2D eigenvalue weighted by Gasteiger charge is 2.05. The first-order chi connectivity index (χ1) is 7.77. The molecule has 1 aromatic heterocycles. The highest BCUT2D eigenvalue weighted by Crippen LogP contribution is 2.19. The van der Waals surface area contributed by atoms with Gasteiger partial charge in [-0.25, -0.2) is 4.98 Å². The summed E-state index contributed by atoms with van der Waals surface area (Å²) < 4.78 is 5.37. The average molecular weight is 223 g/mol. The molecule has 0 saturated carbocycles. The molecule has 0 saturated heterocycles. The Balaban J connectivity index is 2.55. The normalized spacial score (nSPS) is 9.62. The quantitative estimate of drug-likeness (QED) is 0.756. The van der Waals surface area contributed by atoms with Crippen LogP contribution in [0.4, 0.5) is 5.82 Å². The lowest BCUT2D eigenvalue weighted by Gasteiger charge is -2.10. The number of anilines is 1. The van der Waals surface area contributed by atoms with Crippen LogP contribution in [-0.4, -0.2) is 30.6 Å². The van der Waals surface area contributed by atoms with Gasteiger partial charge in [-0.15, -0.1) is 0 Å². The third kappa shape index (κ3) is 3.76. The zero-order chi connectivity index (χ0) is 11.8. The van der Waals surface area contributed by atoms with E-state index < -0.39 is 0 Å². The van der Waals surface area contributed by atoms with Gasteiger partial charge in [-0.3, -0.25) is 4.79 Å². The van der Waals surface area contributed by atoms with Crippen LogP contribution < -0.4 is 15.4 Å². The number of nitrogens with one attached hydrogen (secondary N) is 2. The van der Waals surface area contributed by atoms with E-state index in [4.69, 9.17) is 4.74 Å². The summed E-state index contributed by atoms with van der Waals surface area (Å²) in [5.41, 5.74) is 0. The molecule has 88 valence electrons. The summed E-state index contributed by atoms with van der Waals surface area (Å²) in [5, 5.41) is 5.63. The number of ether oxygens (including phenoxy) is 1. The zero-order valence-corrected chi connectivity index (χ0v) is 9.62. The zero-order valence-electron chi connectivity index (χ0n) is 9.62. The minimum absolute atomic E-state index is 0.0596. The molecule has 0 bridgehead atoms. The van der Waals surface area contributed by atoms with E-state index in [-0.39, 0.29) is 12.5 Å². The van der Waals surface area contributed by atoms with Crippen LogP contribution in [0.1, 0.15) is 13.8 Å². The Kier molecular flexibility index (Phi) is 5.11. The molecule has 5 heteroatoms. The van der Waals surface area contributed by atoms with Crippen LogP contribution in [0.25, 0.3) is 0 Å². The Morgan fingerprint density at radius 1 is 1.50 bits per heavy atom. The molecule has 16 heavy (non-hydrogen) atoms. The number of carbonyl (C=O) groups is 1. The Labute approximate surface area is 95.2 Å². The summed E-state index contributed by atoms with van der Waals surface area (Å²) >= 11 is 0. The van der Waals surface area contributed by atoms with Crippen molar-refractivity contribution in [3.05, 3.63) is 18.3 Å². The highest BCUT2D eigenvalue weighted by atomic mass is 16.5. The van der Waals surface area contributed by atoms with Crippen LogP contribution >= 0.6 is 0 Å². The molecule has 0 aliphatic carbocycles. The summed E-state index contributed by atoms with van der Waals surface area (Å²) in [6, 6.07) is 3.61. The van der Waals surface area contributed by atoms with Gasteiger partial charge in [0.1, 0.15) is 0 Å². The molecule has 0 aliphatic heterocycles. The van der Waals surface area contributed by atoms with Crippen molar-refractivity contribution in [3.63, 3.8) is 0 Å². The fourth-order valence-corrected chi connectivity index (χ4v) is 1.22. The molecule has 5 nitrogen and oxygen atoms in total. The van der Waals surface area contributed by atoms with E-state index in [0.717, 1.165) is 0 Å².